The molecule has 76 valence electrons. The molecule has 0 saturated carbocycles. The molecule has 0 atom stereocenters. The van der Waals surface area contributed by atoms with Crippen molar-refractivity contribution in [2.45, 2.75) is 40.0 Å². The molecule has 0 aromatic rings. The molecule has 0 bridgehead atoms. The Labute approximate surface area is 81.0 Å². The Kier molecular flexibility index (Phi) is 7.60. The van der Waals surface area contributed by atoms with E-state index in [1.54, 1.807) is 6.92 Å². The lowest BCUT2D eigenvalue weighted by Gasteiger charge is -2.00. The van der Waals surface area contributed by atoms with Gasteiger partial charge < -0.3 is 9.53 Å². The highest BCUT2D eigenvalue weighted by Crippen LogP contribution is 1.95. The summed E-state index contributed by atoms with van der Waals surface area (Å²) in [5.41, 5.74) is 1.33. The van der Waals surface area contributed by atoms with Gasteiger partial charge in [-0.05, 0) is 33.6 Å². The summed E-state index contributed by atoms with van der Waals surface area (Å²) in [6, 6.07) is 0. The second-order valence-corrected chi connectivity index (χ2v) is 3.49. The van der Waals surface area contributed by atoms with Crippen LogP contribution < -0.4 is 0 Å². The smallest absolute Gasteiger partial charge is 0.129 e. The van der Waals surface area contributed by atoms with Crippen molar-refractivity contribution >= 4 is 5.78 Å². The Balaban J connectivity index is 3.09. The lowest BCUT2D eigenvalue weighted by atomic mass is 10.2. The minimum atomic E-state index is 0.243. The van der Waals surface area contributed by atoms with Gasteiger partial charge in [0.1, 0.15) is 5.78 Å². The van der Waals surface area contributed by atoms with Crippen LogP contribution in [0.5, 0.6) is 0 Å². The van der Waals surface area contributed by atoms with Crippen LogP contribution in [0.2, 0.25) is 0 Å². The van der Waals surface area contributed by atoms with Gasteiger partial charge in [-0.15, -0.1) is 0 Å². The van der Waals surface area contributed by atoms with E-state index in [9.17, 15) is 4.79 Å². The number of allylic oxidation sites excluding steroid dienone is 1. The zero-order valence-corrected chi connectivity index (χ0v) is 8.93. The maximum Gasteiger partial charge on any atom is 0.129 e. The summed E-state index contributed by atoms with van der Waals surface area (Å²) in [7, 11) is 0. The normalized spacial score (nSPS) is 9.77. The van der Waals surface area contributed by atoms with E-state index in [4.69, 9.17) is 4.74 Å². The van der Waals surface area contributed by atoms with Crippen molar-refractivity contribution in [3.8, 4) is 0 Å². The molecule has 0 amide bonds. The predicted octanol–water partition coefficient (Wildman–Crippen LogP) is 2.73. The van der Waals surface area contributed by atoms with Gasteiger partial charge in [-0.3, -0.25) is 0 Å². The van der Waals surface area contributed by atoms with Crippen molar-refractivity contribution in [3.63, 3.8) is 0 Å². The SMILES string of the molecule is CC(=O)CCCOCCC=C(C)C. The minimum Gasteiger partial charge on any atom is -0.381 e. The van der Waals surface area contributed by atoms with Gasteiger partial charge in [0.05, 0.1) is 6.61 Å². The summed E-state index contributed by atoms with van der Waals surface area (Å²) in [6.07, 6.45) is 4.63. The fourth-order valence-corrected chi connectivity index (χ4v) is 0.956. The summed E-state index contributed by atoms with van der Waals surface area (Å²) in [5, 5.41) is 0. The van der Waals surface area contributed by atoms with E-state index in [1.165, 1.54) is 5.57 Å². The Bertz CT molecular complexity index is 167. The Morgan fingerprint density at radius 1 is 1.23 bits per heavy atom. The minimum absolute atomic E-state index is 0.243. The number of ether oxygens (including phenoxy) is 1. The first-order valence-electron chi connectivity index (χ1n) is 4.83. The number of hydrogen-bond acceptors (Lipinski definition) is 2. The van der Waals surface area contributed by atoms with E-state index < -0.39 is 0 Å². The van der Waals surface area contributed by atoms with E-state index in [0.717, 1.165) is 19.4 Å². The molecule has 0 aromatic heterocycles. The van der Waals surface area contributed by atoms with Crippen LogP contribution in [0.4, 0.5) is 0 Å². The van der Waals surface area contributed by atoms with Crippen LogP contribution in [-0.4, -0.2) is 19.0 Å². The number of rotatable bonds is 7. The average Bonchev–Trinajstić information content (AvgIpc) is 2.01. The molecule has 13 heavy (non-hydrogen) atoms. The quantitative estimate of drug-likeness (QED) is 0.449. The van der Waals surface area contributed by atoms with Crippen LogP contribution in [0, 0.1) is 0 Å². The van der Waals surface area contributed by atoms with Crippen molar-refractivity contribution in [1.82, 2.24) is 0 Å². The van der Waals surface area contributed by atoms with Crippen LogP contribution in [-0.2, 0) is 9.53 Å². The fourth-order valence-electron chi connectivity index (χ4n) is 0.956. The molecule has 2 nitrogen and oxygen atoms in total. The van der Waals surface area contributed by atoms with Crippen LogP contribution >= 0.6 is 0 Å². The molecule has 2 heteroatoms. The summed E-state index contributed by atoms with van der Waals surface area (Å²) < 4.78 is 5.34. The molecule has 0 aliphatic carbocycles. The van der Waals surface area contributed by atoms with Gasteiger partial charge in [0, 0.05) is 13.0 Å². The van der Waals surface area contributed by atoms with Crippen LogP contribution in [0.3, 0.4) is 0 Å². The zero-order chi connectivity index (χ0) is 10.1. The molecule has 0 aliphatic heterocycles. The van der Waals surface area contributed by atoms with Gasteiger partial charge in [0.15, 0.2) is 0 Å². The highest BCUT2D eigenvalue weighted by Gasteiger charge is 1.92. The summed E-state index contributed by atoms with van der Waals surface area (Å²) in [5.74, 6) is 0.243. The first-order valence-corrected chi connectivity index (χ1v) is 4.83. The maximum absolute atomic E-state index is 10.6. The molecule has 0 unspecified atom stereocenters. The highest BCUT2D eigenvalue weighted by molar-refractivity contribution is 5.75. The molecule has 0 rings (SSSR count). The van der Waals surface area contributed by atoms with Crippen molar-refractivity contribution in [2.75, 3.05) is 13.2 Å². The first kappa shape index (κ1) is 12.4. The standard InChI is InChI=1S/C11H20O2/c1-10(2)6-4-8-13-9-5-7-11(3)12/h6H,4-5,7-9H2,1-3H3. The number of Topliss-reactive ketones (excluding diaryl/α,β-unsaturated/α-hetero) is 1. The van der Waals surface area contributed by atoms with E-state index >= 15 is 0 Å². The molecule has 0 N–H and O–H groups in total. The largest absolute Gasteiger partial charge is 0.381 e. The molecule has 0 heterocycles. The Morgan fingerprint density at radius 2 is 1.92 bits per heavy atom. The Morgan fingerprint density at radius 3 is 2.46 bits per heavy atom. The lowest BCUT2D eigenvalue weighted by molar-refractivity contribution is -0.117. The van der Waals surface area contributed by atoms with E-state index in [-0.39, 0.29) is 5.78 Å². The second kappa shape index (κ2) is 7.99. The maximum atomic E-state index is 10.6. The van der Waals surface area contributed by atoms with Gasteiger partial charge in [-0.25, -0.2) is 0 Å². The second-order valence-electron chi connectivity index (χ2n) is 3.49. The number of carbonyl (C=O) groups excluding carboxylic acids is 1. The van der Waals surface area contributed by atoms with E-state index in [0.29, 0.717) is 13.0 Å². The summed E-state index contributed by atoms with van der Waals surface area (Å²) >= 11 is 0. The molecule has 0 aliphatic rings. The summed E-state index contributed by atoms with van der Waals surface area (Å²) in [6.45, 7) is 7.24. The first-order chi connectivity index (χ1) is 6.13. The topological polar surface area (TPSA) is 26.3 Å². The highest BCUT2D eigenvalue weighted by atomic mass is 16.5. The third kappa shape index (κ3) is 11.4. The average molecular weight is 184 g/mol. The third-order valence-corrected chi connectivity index (χ3v) is 1.63. The third-order valence-electron chi connectivity index (χ3n) is 1.63. The molecule has 0 spiro atoms. The van der Waals surface area contributed by atoms with Gasteiger partial charge in [-0.2, -0.15) is 0 Å². The predicted molar refractivity (Wildman–Crippen MR) is 54.8 cm³/mol. The molecular formula is C11H20O2. The zero-order valence-electron chi connectivity index (χ0n) is 8.93. The summed E-state index contributed by atoms with van der Waals surface area (Å²) in [4.78, 5) is 10.6. The van der Waals surface area contributed by atoms with Crippen LogP contribution in [0.1, 0.15) is 40.0 Å². The van der Waals surface area contributed by atoms with Crippen molar-refractivity contribution in [3.05, 3.63) is 11.6 Å². The van der Waals surface area contributed by atoms with Gasteiger partial charge >= 0.3 is 0 Å². The molecule has 0 radical (unpaired) electrons. The van der Waals surface area contributed by atoms with Gasteiger partial charge in [-0.1, -0.05) is 11.6 Å². The molecule has 0 saturated heterocycles. The fraction of sp³-hybridized carbons (Fsp3) is 0.727. The number of hydrogen-bond donors (Lipinski definition) is 0. The van der Waals surface area contributed by atoms with Crippen LogP contribution in [0.15, 0.2) is 11.6 Å². The van der Waals surface area contributed by atoms with E-state index in [1.807, 2.05) is 0 Å². The van der Waals surface area contributed by atoms with Crippen LogP contribution in [0.25, 0.3) is 0 Å². The van der Waals surface area contributed by atoms with E-state index in [2.05, 4.69) is 19.9 Å². The van der Waals surface area contributed by atoms with Crippen molar-refractivity contribution < 1.29 is 9.53 Å². The monoisotopic (exact) mass is 184 g/mol. The van der Waals surface area contributed by atoms with Gasteiger partial charge in [0.25, 0.3) is 0 Å². The van der Waals surface area contributed by atoms with Crippen molar-refractivity contribution in [1.29, 1.82) is 0 Å². The van der Waals surface area contributed by atoms with Crippen molar-refractivity contribution in [2.24, 2.45) is 0 Å². The molecule has 0 aromatic carbocycles. The lowest BCUT2D eigenvalue weighted by Crippen LogP contribution is -1.99. The Hall–Kier alpha value is -0.630. The molecule has 0 fully saturated rings. The van der Waals surface area contributed by atoms with Gasteiger partial charge in [0.2, 0.25) is 0 Å². The molecular weight excluding hydrogens is 164 g/mol. The number of ketones is 1. The number of carbonyl (C=O) groups is 1.